The molecule has 0 saturated carbocycles. The highest BCUT2D eigenvalue weighted by Gasteiger charge is 2.21. The van der Waals surface area contributed by atoms with Crippen molar-refractivity contribution < 1.29 is 4.79 Å². The molecule has 3 aromatic rings. The van der Waals surface area contributed by atoms with E-state index in [4.69, 9.17) is 5.84 Å². The fourth-order valence-corrected chi connectivity index (χ4v) is 3.89. The second kappa shape index (κ2) is 10.5. The summed E-state index contributed by atoms with van der Waals surface area (Å²) in [6.07, 6.45) is 0. The average Bonchev–Trinajstić information content (AvgIpc) is 2.78. The third-order valence-electron chi connectivity index (χ3n) is 5.88. The van der Waals surface area contributed by atoms with Crippen LogP contribution in [-0.4, -0.2) is 13.1 Å². The fraction of sp³-hybridized carbons (Fsp3) is 0.321. The molecule has 174 valence electrons. The molecular weight excluding hydrogens is 408 g/mol. The quantitative estimate of drug-likeness (QED) is 0.311. The summed E-state index contributed by atoms with van der Waals surface area (Å²) in [4.78, 5) is 15.5. The number of nitrogens with zero attached hydrogens (tertiary/aromatic N) is 2. The van der Waals surface area contributed by atoms with Crippen LogP contribution >= 0.6 is 0 Å². The van der Waals surface area contributed by atoms with E-state index in [1.807, 2.05) is 55.5 Å². The Labute approximate surface area is 198 Å². The van der Waals surface area contributed by atoms with Crippen LogP contribution in [0.15, 0.2) is 66.7 Å². The summed E-state index contributed by atoms with van der Waals surface area (Å²) in [6, 6.07) is 22.1. The Morgan fingerprint density at radius 2 is 1.36 bits per heavy atom. The fourth-order valence-electron chi connectivity index (χ4n) is 3.89. The van der Waals surface area contributed by atoms with Gasteiger partial charge in [-0.25, -0.2) is 10.6 Å². The molecule has 3 rings (SSSR count). The molecule has 0 aliphatic heterocycles. The van der Waals surface area contributed by atoms with Crippen molar-refractivity contribution in [3.63, 3.8) is 0 Å². The molecule has 3 aromatic carbocycles. The number of rotatable bonds is 7. The van der Waals surface area contributed by atoms with Gasteiger partial charge in [0.1, 0.15) is 0 Å². The largest absolute Gasteiger partial charge is 0.326 e. The third kappa shape index (κ3) is 5.93. The maximum Gasteiger partial charge on any atom is 0.326 e. The molecule has 0 spiro atoms. The maximum absolute atomic E-state index is 13.7. The van der Waals surface area contributed by atoms with Crippen LogP contribution in [0, 0.1) is 6.92 Å². The van der Waals surface area contributed by atoms with E-state index in [9.17, 15) is 4.79 Å². The van der Waals surface area contributed by atoms with E-state index in [1.54, 1.807) is 17.0 Å². The molecule has 0 bridgehead atoms. The molecule has 5 nitrogen and oxygen atoms in total. The molecule has 5 heteroatoms. The van der Waals surface area contributed by atoms with Crippen LogP contribution in [0.1, 0.15) is 61.8 Å². The van der Waals surface area contributed by atoms with Gasteiger partial charge in [-0.05, 0) is 59.7 Å². The van der Waals surface area contributed by atoms with Gasteiger partial charge < -0.3 is 10.3 Å². The summed E-state index contributed by atoms with van der Waals surface area (Å²) in [6.45, 7) is 11.1. The van der Waals surface area contributed by atoms with Crippen molar-refractivity contribution in [3.05, 3.63) is 89.0 Å². The predicted octanol–water partition coefficient (Wildman–Crippen LogP) is 6.79. The molecule has 0 aliphatic rings. The molecule has 0 unspecified atom stereocenters. The van der Waals surface area contributed by atoms with E-state index in [2.05, 4.69) is 51.2 Å². The average molecular weight is 445 g/mol. The van der Waals surface area contributed by atoms with Gasteiger partial charge in [0.15, 0.2) is 0 Å². The van der Waals surface area contributed by atoms with Crippen molar-refractivity contribution in [2.75, 3.05) is 22.3 Å². The Morgan fingerprint density at radius 1 is 0.848 bits per heavy atom. The van der Waals surface area contributed by atoms with E-state index in [1.165, 1.54) is 0 Å². The van der Waals surface area contributed by atoms with Gasteiger partial charge >= 0.3 is 6.03 Å². The zero-order valence-electron chi connectivity index (χ0n) is 20.6. The van der Waals surface area contributed by atoms with E-state index >= 15 is 0 Å². The molecule has 0 atom stereocenters. The highest BCUT2D eigenvalue weighted by Crippen LogP contribution is 2.33. The highest BCUT2D eigenvalue weighted by atomic mass is 16.2. The Kier molecular flexibility index (Phi) is 7.77. The zero-order chi connectivity index (χ0) is 24.1. The minimum atomic E-state index is -0.145. The number of urea groups is 1. The van der Waals surface area contributed by atoms with Crippen molar-refractivity contribution in [2.45, 2.75) is 53.0 Å². The number of nitrogens with one attached hydrogen (secondary N) is 1. The topological polar surface area (TPSA) is 61.6 Å². The summed E-state index contributed by atoms with van der Waals surface area (Å²) in [5, 5.41) is 4.84. The molecule has 0 saturated heterocycles. The van der Waals surface area contributed by atoms with Gasteiger partial charge in [0.25, 0.3) is 0 Å². The van der Waals surface area contributed by atoms with E-state index < -0.39 is 0 Å². The van der Waals surface area contributed by atoms with E-state index in [0.717, 1.165) is 39.3 Å². The lowest BCUT2D eigenvalue weighted by Crippen LogP contribution is -2.35. The van der Waals surface area contributed by atoms with Gasteiger partial charge in [0.05, 0.1) is 12.2 Å². The molecule has 0 radical (unpaired) electrons. The third-order valence-corrected chi connectivity index (χ3v) is 5.88. The van der Waals surface area contributed by atoms with Gasteiger partial charge in [0.2, 0.25) is 0 Å². The predicted molar refractivity (Wildman–Crippen MR) is 140 cm³/mol. The molecule has 0 heterocycles. The van der Waals surface area contributed by atoms with Crippen molar-refractivity contribution in [2.24, 2.45) is 5.84 Å². The summed E-state index contributed by atoms with van der Waals surface area (Å²) >= 11 is 0. The van der Waals surface area contributed by atoms with Gasteiger partial charge in [-0.15, -0.1) is 0 Å². The van der Waals surface area contributed by atoms with E-state index in [0.29, 0.717) is 18.4 Å². The number of carbonyl (C=O) groups excluding carboxylic acids is 1. The number of hydrogen-bond donors (Lipinski definition) is 2. The molecule has 33 heavy (non-hydrogen) atoms. The molecule has 2 amide bonds. The zero-order valence-corrected chi connectivity index (χ0v) is 20.6. The number of carbonyl (C=O) groups is 1. The Morgan fingerprint density at radius 3 is 1.85 bits per heavy atom. The molecule has 0 aromatic heterocycles. The second-order valence-corrected chi connectivity index (χ2v) is 9.25. The smallest absolute Gasteiger partial charge is 0.314 e. The first-order chi connectivity index (χ1) is 15.7. The molecule has 0 aliphatic carbocycles. The number of para-hydroxylation sites is 1. The second-order valence-electron chi connectivity index (χ2n) is 9.25. The van der Waals surface area contributed by atoms with Gasteiger partial charge in [-0.1, -0.05) is 75.7 Å². The van der Waals surface area contributed by atoms with Crippen LogP contribution in [0.25, 0.3) is 0 Å². The summed E-state index contributed by atoms with van der Waals surface area (Å²) in [5.74, 6) is 6.44. The minimum Gasteiger partial charge on any atom is -0.314 e. The first-order valence-corrected chi connectivity index (χ1v) is 11.5. The van der Waals surface area contributed by atoms with Crippen LogP contribution in [0.3, 0.4) is 0 Å². The Bertz CT molecular complexity index is 1040. The number of amides is 2. The highest BCUT2D eigenvalue weighted by molar-refractivity contribution is 6.02. The number of hydrazine groups is 1. The van der Waals surface area contributed by atoms with Crippen LogP contribution in [0.5, 0.6) is 0 Å². The summed E-state index contributed by atoms with van der Waals surface area (Å²) < 4.78 is 0. The Balaban J connectivity index is 1.97. The SMILES string of the molecule is Cc1ccc(N(Cc2ccc(N(C)N)cc2)C(=O)Nc2c(C(C)C)cccc2C(C)C)cc1. The standard InChI is InChI=1S/C28H36N4O/c1-19(2)25-8-7-9-26(20(3)4)27(25)30-28(33)32(24-14-10-21(5)11-15-24)18-22-12-16-23(17-13-22)31(6)29/h7-17,19-20H,18,29H2,1-6H3,(H,30,33). The van der Waals surface area contributed by atoms with Crippen molar-refractivity contribution >= 4 is 23.1 Å². The van der Waals surface area contributed by atoms with Crippen LogP contribution < -0.4 is 21.1 Å². The summed E-state index contributed by atoms with van der Waals surface area (Å²) in [5.41, 5.74) is 7.16. The number of anilines is 3. The van der Waals surface area contributed by atoms with Crippen molar-refractivity contribution in [1.29, 1.82) is 0 Å². The first-order valence-electron chi connectivity index (χ1n) is 11.5. The van der Waals surface area contributed by atoms with Gasteiger partial charge in [0, 0.05) is 18.4 Å². The first kappa shape index (κ1) is 24.3. The molecular formula is C28H36N4O. The summed E-state index contributed by atoms with van der Waals surface area (Å²) in [7, 11) is 1.81. The Hall–Kier alpha value is -3.31. The van der Waals surface area contributed by atoms with Gasteiger partial charge in [-0.3, -0.25) is 4.90 Å². The van der Waals surface area contributed by atoms with Crippen LogP contribution in [0.2, 0.25) is 0 Å². The lowest BCUT2D eigenvalue weighted by atomic mass is 9.93. The number of hydrogen-bond acceptors (Lipinski definition) is 3. The van der Waals surface area contributed by atoms with Crippen molar-refractivity contribution in [1.82, 2.24) is 0 Å². The monoisotopic (exact) mass is 444 g/mol. The number of nitrogens with two attached hydrogens (primary N) is 1. The maximum atomic E-state index is 13.7. The lowest BCUT2D eigenvalue weighted by Gasteiger charge is -2.27. The van der Waals surface area contributed by atoms with Gasteiger partial charge in [-0.2, -0.15) is 0 Å². The molecule has 0 fully saturated rings. The minimum absolute atomic E-state index is 0.145. The number of aryl methyl sites for hydroxylation is 1. The van der Waals surface area contributed by atoms with Crippen LogP contribution in [-0.2, 0) is 6.54 Å². The molecule has 3 N–H and O–H groups in total. The van der Waals surface area contributed by atoms with Crippen molar-refractivity contribution in [3.8, 4) is 0 Å². The van der Waals surface area contributed by atoms with E-state index in [-0.39, 0.29) is 6.03 Å². The normalized spacial score (nSPS) is 11.1. The lowest BCUT2D eigenvalue weighted by molar-refractivity contribution is 0.256. The number of benzene rings is 3. The van der Waals surface area contributed by atoms with Crippen LogP contribution in [0.4, 0.5) is 21.9 Å².